The maximum Gasteiger partial charge on any atom is 0.419 e. The van der Waals surface area contributed by atoms with Gasteiger partial charge in [-0.15, -0.1) is 15.3 Å². The molecule has 13 heterocycles. The lowest BCUT2D eigenvalue weighted by Crippen LogP contribution is -2.23. The Morgan fingerprint density at radius 2 is 0.604 bits per heavy atom. The van der Waals surface area contributed by atoms with Crippen LogP contribution in [0, 0.1) is 55.4 Å². The maximum atomic E-state index is 13.7. The van der Waals surface area contributed by atoms with Crippen LogP contribution in [0.1, 0.15) is 68.3 Å². The molecule has 8 amide bonds. The fourth-order valence-corrected chi connectivity index (χ4v) is 18.2. The predicted octanol–water partition coefficient (Wildman–Crippen LogP) is 22.7. The molecule has 0 fully saturated rings. The maximum absolute atomic E-state index is 13.7. The van der Waals surface area contributed by atoms with Crippen LogP contribution in [0.25, 0.3) is 90.4 Å². The second kappa shape index (κ2) is 40.9. The number of hydrogen-bond acceptors (Lipinski definition) is 17. The minimum absolute atomic E-state index is 0.0835. The zero-order valence-corrected chi connectivity index (χ0v) is 80.7. The van der Waals surface area contributed by atoms with Gasteiger partial charge in [0.25, 0.3) is 0 Å². The second-order valence-electron chi connectivity index (χ2n) is 33.8. The van der Waals surface area contributed by atoms with Crippen molar-refractivity contribution in [2.75, 3.05) is 63.4 Å². The Labute approximate surface area is 824 Å². The van der Waals surface area contributed by atoms with Crippen molar-refractivity contribution in [1.82, 2.24) is 76.7 Å². The van der Waals surface area contributed by atoms with E-state index in [1.54, 1.807) is 58.4 Å². The van der Waals surface area contributed by atoms with E-state index in [4.69, 9.17) is 29.2 Å². The van der Waals surface area contributed by atoms with E-state index in [2.05, 4.69) is 67.9 Å². The number of aryl methyl sites for hydroxylation is 5. The van der Waals surface area contributed by atoms with Crippen LogP contribution < -0.4 is 56.7 Å². The molecule has 0 aliphatic carbocycles. The number of halogens is 3. The van der Waals surface area contributed by atoms with Crippen LogP contribution in [0.15, 0.2) is 304 Å². The number of sulfone groups is 1. The first-order valence-corrected chi connectivity index (χ1v) is 47.5. The minimum Gasteiger partial charge on any atom is -0.480 e. The first kappa shape index (κ1) is 95.9. The molecule has 37 heteroatoms. The van der Waals surface area contributed by atoms with Crippen molar-refractivity contribution in [2.45, 2.75) is 80.0 Å². The standard InChI is InChI=1S/C28H28N6O2.C27H24N6O3S.C26H21F3N6O2.C26H24N6O2/c1-5-36-27-20(4)25(34(32-27)22-11-7-6-8-12-22)30-28(35)31-26-23(21-15-13-18(2)14-16-21)29-24-19(3)10-9-17-33(24)26;1-17-10-12-19(13-11-17)23-26(32-14-6-7-18(2)24(32)28-23)30-27(34)29-25-21-15-37(35,36)16-22(21)31-33(25)20-8-4-3-5-9-20;1-16-21(35(33-24(16)37-2)18-12-7-4-8-13-18)31-25(36)32-23-20(17-10-5-3-6-11-17)30-22-19(26(27,28)29)14-9-15-34(22)23;1-17-11-10-16-31-22(17)27-21(19-12-6-4-7-13-19)24(31)29-26(33)28-23-18(2)25(34-3)30-32(23)20-14-8-5-9-15-20/h6-17H,5H2,1-4H3,(H2,30,31,35);3-14H,15-16H2,1-2H3,(H2,29,30,34);3-15H,1-2H3,(H2,31,32,36);4-16H,1-3H3,(H2,28,29,33). The summed E-state index contributed by atoms with van der Waals surface area (Å²) in [5.41, 5.74) is 17.8. The molecular weight excluding hydrogens is 1850 g/mol. The molecule has 8 N–H and O–H groups in total. The second-order valence-corrected chi connectivity index (χ2v) is 35.8. The molecule has 8 aromatic carbocycles. The molecule has 0 atom stereocenters. The summed E-state index contributed by atoms with van der Waals surface area (Å²) >= 11 is 0. The molecule has 0 spiro atoms. The summed E-state index contributed by atoms with van der Waals surface area (Å²) in [5.74, 6) is 4.39. The third-order valence-corrected chi connectivity index (χ3v) is 25.2. The number of pyridine rings is 4. The number of fused-ring (bicyclic) bond motifs is 5. The van der Waals surface area contributed by atoms with Crippen LogP contribution in [0.2, 0.25) is 0 Å². The summed E-state index contributed by atoms with van der Waals surface area (Å²) < 4.78 is 95.5. The number of imidazole rings is 4. The number of methoxy groups -OCH3 is 2. The van der Waals surface area contributed by atoms with Gasteiger partial charge >= 0.3 is 30.3 Å². The Kier molecular flexibility index (Phi) is 27.3. The number of ether oxygens (including phenoxy) is 3. The number of rotatable bonds is 20. The van der Waals surface area contributed by atoms with Gasteiger partial charge in [0, 0.05) is 52.6 Å². The minimum atomic E-state index is -4.63. The molecule has 20 aromatic rings. The zero-order chi connectivity index (χ0) is 101. The molecule has 0 saturated heterocycles. The van der Waals surface area contributed by atoms with Crippen LogP contribution in [-0.2, 0) is 27.5 Å². The monoisotopic (exact) mass is 1950 g/mol. The van der Waals surface area contributed by atoms with Crippen molar-refractivity contribution in [3.63, 3.8) is 0 Å². The van der Waals surface area contributed by atoms with Gasteiger partial charge in [-0.1, -0.05) is 211 Å². The molecule has 1 aliphatic heterocycles. The number of benzene rings is 8. The highest BCUT2D eigenvalue weighted by atomic mass is 32.2. The van der Waals surface area contributed by atoms with Gasteiger partial charge in [-0.2, -0.15) is 18.3 Å². The molecule has 21 rings (SSSR count). The van der Waals surface area contributed by atoms with Crippen molar-refractivity contribution < 1.29 is 55.0 Å². The van der Waals surface area contributed by atoms with Gasteiger partial charge < -0.3 is 14.2 Å². The van der Waals surface area contributed by atoms with Crippen molar-refractivity contribution in [2.24, 2.45) is 0 Å². The lowest BCUT2D eigenvalue weighted by atomic mass is 10.1. The Morgan fingerprint density at radius 3 is 0.931 bits per heavy atom. The molecule has 0 saturated carbocycles. The summed E-state index contributed by atoms with van der Waals surface area (Å²) in [5, 5.41) is 41.3. The SMILES string of the molecule is CCOc1nn(-c2ccccc2)c(NC(=O)Nc2c(-c3ccc(C)cc3)nc3c(C)cccn23)c1C.COc1nn(-c2ccccc2)c(NC(=O)Nc2c(-c3ccccc3)nc3c(C(F)(F)F)cccn23)c1C.COc1nn(-c2ccccc2)c(NC(=O)Nc2c(-c3ccccc3)nc3c(C)cccn23)c1C.Cc1ccc(-c2nc3c(C)cccn3c2NC(=O)Nc2c3c(nn2-c2ccccc2)CS(=O)(=O)C3)cc1. The predicted molar refractivity (Wildman–Crippen MR) is 551 cm³/mol. The van der Waals surface area contributed by atoms with Crippen LogP contribution in [0.5, 0.6) is 17.6 Å². The number of urea groups is 4. The summed E-state index contributed by atoms with van der Waals surface area (Å²) in [7, 11) is -0.284. The average molecular weight is 1950 g/mol. The average Bonchev–Trinajstić information content (AvgIpc) is 1.60. The third kappa shape index (κ3) is 20.0. The molecule has 0 radical (unpaired) electrons. The van der Waals surface area contributed by atoms with Gasteiger partial charge in [-0.3, -0.25) is 60.1 Å². The summed E-state index contributed by atoms with van der Waals surface area (Å²) in [4.78, 5) is 72.2. The Hall–Kier alpha value is -18.4. The summed E-state index contributed by atoms with van der Waals surface area (Å²) in [6, 6.07) is 84.0. The molecule has 0 unspecified atom stereocenters. The first-order valence-electron chi connectivity index (χ1n) is 45.7. The van der Waals surface area contributed by atoms with Crippen molar-refractivity contribution in [3.05, 3.63) is 365 Å². The third-order valence-electron chi connectivity index (χ3n) is 23.8. The molecule has 12 aromatic heterocycles. The lowest BCUT2D eigenvalue weighted by Gasteiger charge is -2.13. The number of hydrogen-bond donors (Lipinski definition) is 8. The van der Waals surface area contributed by atoms with Crippen molar-refractivity contribution in [3.8, 4) is 85.4 Å². The number of carbonyl (C=O) groups excluding carboxylic acids is 4. The van der Waals surface area contributed by atoms with E-state index in [-0.39, 0.29) is 28.7 Å². The van der Waals surface area contributed by atoms with Gasteiger partial charge in [0.1, 0.15) is 86.3 Å². The van der Waals surface area contributed by atoms with Crippen LogP contribution >= 0.6 is 0 Å². The molecule has 726 valence electrons. The summed E-state index contributed by atoms with van der Waals surface area (Å²) in [6.45, 7) is 17.9. The highest BCUT2D eigenvalue weighted by molar-refractivity contribution is 7.90. The van der Waals surface area contributed by atoms with E-state index in [1.165, 1.54) is 28.5 Å². The quantitative estimate of drug-likeness (QED) is 0.0351. The number of carbonyl (C=O) groups is 4. The smallest absolute Gasteiger partial charge is 0.419 e. The van der Waals surface area contributed by atoms with Gasteiger partial charge in [0.2, 0.25) is 17.6 Å². The van der Waals surface area contributed by atoms with Crippen LogP contribution in [-0.4, -0.2) is 130 Å². The number of anilines is 8. The van der Waals surface area contributed by atoms with Gasteiger partial charge in [0.15, 0.2) is 15.5 Å². The normalized spacial score (nSPS) is 11.9. The van der Waals surface area contributed by atoms with E-state index in [0.717, 1.165) is 95.7 Å². The van der Waals surface area contributed by atoms with E-state index in [9.17, 15) is 40.8 Å². The van der Waals surface area contributed by atoms with E-state index in [0.29, 0.717) is 110 Å². The molecular formula is C107H97F3N24O9S. The van der Waals surface area contributed by atoms with Gasteiger partial charge in [0.05, 0.1) is 83.0 Å². The van der Waals surface area contributed by atoms with Gasteiger partial charge in [-0.05, 0) is 158 Å². The number of aromatic nitrogens is 16. The highest BCUT2D eigenvalue weighted by Gasteiger charge is 2.37. The summed E-state index contributed by atoms with van der Waals surface area (Å²) in [6.07, 6.45) is 2.43. The van der Waals surface area contributed by atoms with E-state index < -0.39 is 45.7 Å². The Balaban J connectivity index is 0.000000126. The number of para-hydroxylation sites is 4. The van der Waals surface area contributed by atoms with E-state index in [1.807, 2.05) is 324 Å². The van der Waals surface area contributed by atoms with Gasteiger partial charge in [-0.25, -0.2) is 66.3 Å². The highest BCUT2D eigenvalue weighted by Crippen LogP contribution is 2.42. The van der Waals surface area contributed by atoms with Crippen LogP contribution in [0.4, 0.5) is 78.9 Å². The molecule has 0 bridgehead atoms. The number of nitrogens with zero attached hydrogens (tertiary/aromatic N) is 16. The molecule has 144 heavy (non-hydrogen) atoms. The lowest BCUT2D eigenvalue weighted by molar-refractivity contribution is -0.136. The number of amides is 8. The molecule has 1 aliphatic rings. The van der Waals surface area contributed by atoms with E-state index >= 15 is 0 Å². The van der Waals surface area contributed by atoms with Crippen molar-refractivity contribution in [1.29, 1.82) is 0 Å². The molecule has 33 nitrogen and oxygen atoms in total. The number of nitrogens with one attached hydrogen (secondary N) is 8. The van der Waals surface area contributed by atoms with Crippen molar-refractivity contribution >= 4 is 103 Å². The fraction of sp³-hybridized carbons (Fsp3) is 0.140. The largest absolute Gasteiger partial charge is 0.480 e. The Morgan fingerprint density at radius 1 is 0.326 bits per heavy atom. The van der Waals surface area contributed by atoms with Crippen LogP contribution in [0.3, 0.4) is 0 Å². The Bertz CT molecular complexity index is 8290. The fourth-order valence-electron chi connectivity index (χ4n) is 16.7. The zero-order valence-electron chi connectivity index (χ0n) is 79.9. The topological polar surface area (TPSA) is 367 Å². The number of alkyl halides is 3. The first-order chi connectivity index (χ1) is 69.6.